The Morgan fingerprint density at radius 2 is 2.20 bits per heavy atom. The molecule has 0 amide bonds. The van der Waals surface area contributed by atoms with Crippen molar-refractivity contribution in [1.29, 1.82) is 0 Å². The minimum absolute atomic E-state index is 0.159. The van der Waals surface area contributed by atoms with Crippen LogP contribution in [0.25, 0.3) is 0 Å². The maximum atomic E-state index is 11.0. The molecular weight excluding hydrogens is 334 g/mol. The number of nitrogens with zero attached hydrogens (tertiary/aromatic N) is 2. The Hall–Kier alpha value is -1.95. The molecule has 5 rings (SSSR count). The smallest absolute Gasteiger partial charge is 0.269 e. The number of nitro benzene ring substituents is 1. The van der Waals surface area contributed by atoms with Gasteiger partial charge in [-0.15, -0.1) is 0 Å². The van der Waals surface area contributed by atoms with Crippen LogP contribution in [0.2, 0.25) is 0 Å². The van der Waals surface area contributed by atoms with Crippen LogP contribution in [0.5, 0.6) is 0 Å². The molecule has 0 aromatic heterocycles. The fourth-order valence-electron chi connectivity index (χ4n) is 5.66. The van der Waals surface area contributed by atoms with Gasteiger partial charge in [0.15, 0.2) is 5.11 Å². The van der Waals surface area contributed by atoms with Crippen LogP contribution in [0.15, 0.2) is 30.4 Å². The van der Waals surface area contributed by atoms with Gasteiger partial charge in [-0.2, -0.15) is 0 Å². The zero-order chi connectivity index (χ0) is 17.1. The van der Waals surface area contributed by atoms with Crippen molar-refractivity contribution in [1.82, 2.24) is 5.32 Å². The van der Waals surface area contributed by atoms with E-state index in [1.165, 1.54) is 19.3 Å². The highest BCUT2D eigenvalue weighted by Gasteiger charge is 2.52. The number of anilines is 1. The largest absolute Gasteiger partial charge is 0.359 e. The van der Waals surface area contributed by atoms with Crippen molar-refractivity contribution in [2.24, 2.45) is 23.7 Å². The summed E-state index contributed by atoms with van der Waals surface area (Å²) in [5, 5.41) is 15.4. The van der Waals surface area contributed by atoms with E-state index in [0.29, 0.717) is 12.0 Å². The van der Waals surface area contributed by atoms with Gasteiger partial charge in [-0.05, 0) is 73.2 Å². The standard InChI is InChI=1S/C19H21N3O2S/c23-22(24)13-4-5-18-11(8-13)6-7-21(18)19(25)20-17-10-12-9-16(17)15-3-1-2-14(12)15/h1,3-5,8,12,14-17H,2,6-7,9-10H2,(H,20,25)/t12-,14-,15+,16+,17+/m1/s1. The van der Waals surface area contributed by atoms with Crippen LogP contribution in [0.1, 0.15) is 24.8 Å². The number of allylic oxidation sites excluding steroid dienone is 2. The Morgan fingerprint density at radius 1 is 1.32 bits per heavy atom. The molecule has 1 aliphatic heterocycles. The average molecular weight is 355 g/mol. The lowest BCUT2D eigenvalue weighted by atomic mass is 9.79. The molecule has 6 heteroatoms. The van der Waals surface area contributed by atoms with Gasteiger partial charge in [-0.1, -0.05) is 12.2 Å². The number of nitrogens with one attached hydrogen (secondary N) is 1. The van der Waals surface area contributed by atoms with Gasteiger partial charge in [0.2, 0.25) is 0 Å². The van der Waals surface area contributed by atoms with Gasteiger partial charge in [0.25, 0.3) is 5.69 Å². The van der Waals surface area contributed by atoms with Crippen LogP contribution in [0.4, 0.5) is 11.4 Å². The van der Waals surface area contributed by atoms with Crippen LogP contribution in [0.3, 0.4) is 0 Å². The lowest BCUT2D eigenvalue weighted by Crippen LogP contribution is -2.48. The Morgan fingerprint density at radius 3 is 3.04 bits per heavy atom. The molecule has 5 atom stereocenters. The summed E-state index contributed by atoms with van der Waals surface area (Å²) in [5.41, 5.74) is 2.20. The third kappa shape index (κ3) is 2.30. The quantitative estimate of drug-likeness (QED) is 0.381. The van der Waals surface area contributed by atoms with E-state index in [9.17, 15) is 10.1 Å². The molecule has 0 saturated heterocycles. The summed E-state index contributed by atoms with van der Waals surface area (Å²) in [4.78, 5) is 12.7. The number of hydrogen-bond donors (Lipinski definition) is 1. The first kappa shape index (κ1) is 15.3. The van der Waals surface area contributed by atoms with Crippen molar-refractivity contribution in [2.75, 3.05) is 11.4 Å². The summed E-state index contributed by atoms with van der Waals surface area (Å²) in [5.74, 6) is 3.18. The van der Waals surface area contributed by atoms with Gasteiger partial charge in [-0.25, -0.2) is 0 Å². The first-order valence-electron chi connectivity index (χ1n) is 9.14. The maximum absolute atomic E-state index is 11.0. The summed E-state index contributed by atoms with van der Waals surface area (Å²) in [6, 6.07) is 5.57. The number of fused-ring (bicyclic) bond motifs is 6. The first-order valence-corrected chi connectivity index (χ1v) is 9.54. The molecule has 3 aliphatic carbocycles. The molecule has 0 radical (unpaired) electrons. The third-order valence-corrected chi connectivity index (χ3v) is 7.07. The SMILES string of the molecule is O=[N+]([O-])c1ccc2c(c1)CCN2C(=S)N[C@H]1C[C@H]2C[C@H]1[C@H]1C=CC[C@H]21. The van der Waals surface area contributed by atoms with Crippen molar-refractivity contribution < 1.29 is 4.92 Å². The molecule has 4 aliphatic rings. The highest BCUT2D eigenvalue weighted by atomic mass is 32.1. The van der Waals surface area contributed by atoms with E-state index in [-0.39, 0.29) is 10.6 Å². The molecule has 1 aromatic rings. The molecule has 2 saturated carbocycles. The van der Waals surface area contributed by atoms with E-state index in [1.54, 1.807) is 12.1 Å². The molecule has 2 bridgehead atoms. The lowest BCUT2D eigenvalue weighted by molar-refractivity contribution is -0.384. The van der Waals surface area contributed by atoms with Crippen molar-refractivity contribution in [2.45, 2.75) is 31.7 Å². The second-order valence-electron chi connectivity index (χ2n) is 7.83. The predicted octanol–water partition coefficient (Wildman–Crippen LogP) is 3.43. The summed E-state index contributed by atoms with van der Waals surface area (Å²) < 4.78 is 0. The summed E-state index contributed by atoms with van der Waals surface area (Å²) >= 11 is 5.71. The van der Waals surface area contributed by atoms with E-state index in [1.807, 2.05) is 6.07 Å². The normalized spacial score (nSPS) is 34.2. The van der Waals surface area contributed by atoms with E-state index < -0.39 is 0 Å². The fraction of sp³-hybridized carbons (Fsp3) is 0.526. The Balaban J connectivity index is 1.31. The molecule has 0 unspecified atom stereocenters. The van der Waals surface area contributed by atoms with Crippen LogP contribution in [-0.2, 0) is 6.42 Å². The van der Waals surface area contributed by atoms with E-state index in [4.69, 9.17) is 12.2 Å². The Bertz CT molecular complexity index is 793. The maximum Gasteiger partial charge on any atom is 0.269 e. The van der Waals surface area contributed by atoms with Gasteiger partial charge in [0.05, 0.1) is 4.92 Å². The topological polar surface area (TPSA) is 58.4 Å². The minimum Gasteiger partial charge on any atom is -0.359 e. The monoisotopic (exact) mass is 355 g/mol. The van der Waals surface area contributed by atoms with Crippen molar-refractivity contribution >= 4 is 28.7 Å². The number of hydrogen-bond acceptors (Lipinski definition) is 3. The number of non-ortho nitro benzene ring substituents is 1. The minimum atomic E-state index is -0.333. The van der Waals surface area contributed by atoms with Crippen molar-refractivity contribution in [3.8, 4) is 0 Å². The van der Waals surface area contributed by atoms with Gasteiger partial charge in [0, 0.05) is 30.4 Å². The molecule has 5 nitrogen and oxygen atoms in total. The molecular formula is C19H21N3O2S. The van der Waals surface area contributed by atoms with Crippen LogP contribution < -0.4 is 10.2 Å². The van der Waals surface area contributed by atoms with Crippen LogP contribution >= 0.6 is 12.2 Å². The van der Waals surface area contributed by atoms with E-state index >= 15 is 0 Å². The highest BCUT2D eigenvalue weighted by molar-refractivity contribution is 7.80. The van der Waals surface area contributed by atoms with Gasteiger partial charge in [-0.3, -0.25) is 10.1 Å². The molecule has 1 aromatic carbocycles. The van der Waals surface area contributed by atoms with Crippen molar-refractivity contribution in [3.63, 3.8) is 0 Å². The highest BCUT2D eigenvalue weighted by Crippen LogP contribution is 2.56. The Labute approximate surface area is 152 Å². The van der Waals surface area contributed by atoms with Crippen LogP contribution in [-0.4, -0.2) is 22.6 Å². The van der Waals surface area contributed by atoms with E-state index in [0.717, 1.165) is 47.1 Å². The van der Waals surface area contributed by atoms with Gasteiger partial charge < -0.3 is 10.2 Å². The summed E-state index contributed by atoms with van der Waals surface area (Å²) in [7, 11) is 0. The molecule has 130 valence electrons. The zero-order valence-corrected chi connectivity index (χ0v) is 14.7. The number of thiocarbonyl (C=S) groups is 1. The number of benzene rings is 1. The van der Waals surface area contributed by atoms with Gasteiger partial charge >= 0.3 is 0 Å². The van der Waals surface area contributed by atoms with Gasteiger partial charge in [0.1, 0.15) is 0 Å². The first-order chi connectivity index (χ1) is 12.1. The zero-order valence-electron chi connectivity index (χ0n) is 13.9. The predicted molar refractivity (Wildman–Crippen MR) is 101 cm³/mol. The molecule has 25 heavy (non-hydrogen) atoms. The Kier molecular flexibility index (Phi) is 3.39. The summed E-state index contributed by atoms with van der Waals surface area (Å²) in [6.07, 6.45) is 9.43. The number of rotatable bonds is 2. The van der Waals surface area contributed by atoms with E-state index in [2.05, 4.69) is 22.4 Å². The molecule has 1 N–H and O–H groups in total. The average Bonchev–Trinajstić information content (AvgIpc) is 3.34. The number of nitro groups is 1. The molecule has 2 fully saturated rings. The van der Waals surface area contributed by atoms with Crippen LogP contribution in [0, 0.1) is 33.8 Å². The second-order valence-corrected chi connectivity index (χ2v) is 8.21. The lowest BCUT2D eigenvalue weighted by Gasteiger charge is -2.34. The molecule has 0 spiro atoms. The molecule has 1 heterocycles. The second kappa shape index (κ2) is 5.53. The fourth-order valence-corrected chi connectivity index (χ4v) is 6.00. The third-order valence-electron chi connectivity index (χ3n) is 6.73. The van der Waals surface area contributed by atoms with Crippen molar-refractivity contribution in [3.05, 3.63) is 46.0 Å². The summed E-state index contributed by atoms with van der Waals surface area (Å²) in [6.45, 7) is 0.801.